The number of halogens is 1. The van der Waals surface area contributed by atoms with E-state index in [1.165, 1.54) is 0 Å². The second kappa shape index (κ2) is 11.3. The fourth-order valence-corrected chi connectivity index (χ4v) is 1.03. The number of nitrogens with zero attached hydrogens (tertiary/aromatic N) is 2. The molecule has 2 atom stereocenters. The third-order valence-corrected chi connectivity index (χ3v) is 2.01. The van der Waals surface area contributed by atoms with Crippen LogP contribution in [0, 0.1) is 20.2 Å². The van der Waals surface area contributed by atoms with E-state index in [0.29, 0.717) is 0 Å². The van der Waals surface area contributed by atoms with Gasteiger partial charge in [0.1, 0.15) is 19.3 Å². The van der Waals surface area contributed by atoms with Gasteiger partial charge in [0.2, 0.25) is 0 Å². The maximum atomic E-state index is 11.2. The van der Waals surface area contributed by atoms with Crippen molar-refractivity contribution >= 4 is 24.3 Å². The van der Waals surface area contributed by atoms with Crippen molar-refractivity contribution < 1.29 is 39.3 Å². The first-order chi connectivity index (χ1) is 9.72. The van der Waals surface area contributed by atoms with Crippen LogP contribution in [0.3, 0.4) is 0 Å². The maximum absolute atomic E-state index is 11.2. The smallest absolute Gasteiger partial charge is 0.320 e. The number of hydrogen-bond donors (Lipinski definition) is 2. The Labute approximate surface area is 128 Å². The predicted octanol–water partition coefficient (Wildman–Crippen LogP) is -1.07. The lowest BCUT2D eigenvalue weighted by Crippen LogP contribution is -2.32. The first-order valence-electron chi connectivity index (χ1n) is 5.44. The first kappa shape index (κ1) is 21.9. The van der Waals surface area contributed by atoms with E-state index in [0.717, 1.165) is 0 Å². The molecule has 3 N–H and O–H groups in total. The van der Waals surface area contributed by atoms with Gasteiger partial charge in [-0.2, -0.15) is 0 Å². The Bertz CT molecular complexity index is 406. The van der Waals surface area contributed by atoms with Gasteiger partial charge in [-0.3, -0.25) is 9.59 Å². The quantitative estimate of drug-likeness (QED) is 0.262. The van der Waals surface area contributed by atoms with Gasteiger partial charge in [0.25, 0.3) is 10.2 Å². The van der Waals surface area contributed by atoms with Gasteiger partial charge in [0, 0.05) is 6.42 Å². The zero-order chi connectivity index (χ0) is 16.4. The van der Waals surface area contributed by atoms with Crippen molar-refractivity contribution in [3.05, 3.63) is 20.2 Å². The minimum Gasteiger partial charge on any atom is -0.480 e. The van der Waals surface area contributed by atoms with Gasteiger partial charge < -0.3 is 25.3 Å². The number of nitrogens with two attached hydrogens (primary N) is 1. The molecule has 0 aliphatic carbocycles. The van der Waals surface area contributed by atoms with Gasteiger partial charge in [-0.1, -0.05) is 0 Å². The first-order valence-corrected chi connectivity index (χ1v) is 5.44. The standard InChI is InChI=1S/C8H13N3O10.ClH/c9-6(8(13)14)1-2-7(12)19-3-5(21-11(17)18)4-20-10(15)16;/h5-6H,1-4,9H2,(H,13,14);1H/t5-,6-;/m0./s1. The SMILES string of the molecule is Cl.N[C@@H](CCC(=O)OC[C@@H](CO[N+](=O)[O-])O[N+](=O)[O-])C(=O)O. The summed E-state index contributed by atoms with van der Waals surface area (Å²) in [5, 5.41) is 26.1. The summed E-state index contributed by atoms with van der Waals surface area (Å²) in [4.78, 5) is 49.6. The lowest BCUT2D eigenvalue weighted by atomic mass is 10.2. The average molecular weight is 348 g/mol. The van der Waals surface area contributed by atoms with Crippen molar-refractivity contribution in [2.24, 2.45) is 5.73 Å². The number of carbonyl (C=O) groups is 2. The van der Waals surface area contributed by atoms with E-state index in [-0.39, 0.29) is 25.2 Å². The number of ether oxygens (including phenoxy) is 1. The zero-order valence-corrected chi connectivity index (χ0v) is 11.8. The molecule has 14 heteroatoms. The van der Waals surface area contributed by atoms with Gasteiger partial charge in [0.15, 0.2) is 6.10 Å². The molecule has 13 nitrogen and oxygen atoms in total. The average Bonchev–Trinajstić information content (AvgIpc) is 2.38. The Morgan fingerprint density at radius 1 is 1.18 bits per heavy atom. The fourth-order valence-electron chi connectivity index (χ4n) is 1.03. The minimum atomic E-state index is -1.48. The highest BCUT2D eigenvalue weighted by Gasteiger charge is 2.19. The largest absolute Gasteiger partial charge is 0.480 e. The molecule has 0 aliphatic heterocycles. The van der Waals surface area contributed by atoms with Crippen LogP contribution in [0.15, 0.2) is 0 Å². The molecule has 0 fully saturated rings. The molecule has 0 rings (SSSR count). The normalized spacial score (nSPS) is 12.2. The Hall–Kier alpha value is -2.41. The minimum absolute atomic E-state index is 0. The molecule has 0 aromatic heterocycles. The molecule has 0 aromatic carbocycles. The second-order valence-electron chi connectivity index (χ2n) is 3.64. The highest BCUT2D eigenvalue weighted by atomic mass is 35.5. The number of esters is 1. The van der Waals surface area contributed by atoms with Crippen molar-refractivity contribution in [2.45, 2.75) is 25.0 Å². The molecule has 0 aliphatic rings. The van der Waals surface area contributed by atoms with Crippen LogP contribution in [0.4, 0.5) is 0 Å². The summed E-state index contributed by atoms with van der Waals surface area (Å²) in [6.07, 6.45) is -2.02. The van der Waals surface area contributed by atoms with E-state index in [1.54, 1.807) is 0 Å². The highest BCUT2D eigenvalue weighted by Crippen LogP contribution is 2.01. The summed E-state index contributed by atoms with van der Waals surface area (Å²) < 4.78 is 4.55. The molecule has 0 radical (unpaired) electrons. The summed E-state index contributed by atoms with van der Waals surface area (Å²) >= 11 is 0. The summed E-state index contributed by atoms with van der Waals surface area (Å²) in [7, 11) is 0. The highest BCUT2D eigenvalue weighted by molar-refractivity contribution is 5.85. The van der Waals surface area contributed by atoms with Crippen LogP contribution in [0.25, 0.3) is 0 Å². The van der Waals surface area contributed by atoms with E-state index >= 15 is 0 Å². The molecular weight excluding hydrogens is 334 g/mol. The van der Waals surface area contributed by atoms with Crippen LogP contribution in [0.1, 0.15) is 12.8 Å². The summed E-state index contributed by atoms with van der Waals surface area (Å²) in [5.41, 5.74) is 5.15. The van der Waals surface area contributed by atoms with Crippen LogP contribution in [0.5, 0.6) is 0 Å². The number of hydrogen-bond acceptors (Lipinski definition) is 10. The lowest BCUT2D eigenvalue weighted by molar-refractivity contribution is -0.790. The van der Waals surface area contributed by atoms with Crippen LogP contribution in [-0.4, -0.2) is 52.6 Å². The topological polar surface area (TPSA) is 194 Å². The van der Waals surface area contributed by atoms with E-state index in [4.69, 9.17) is 10.8 Å². The van der Waals surface area contributed by atoms with E-state index in [1.807, 2.05) is 0 Å². The Kier molecular flexibility index (Phi) is 11.2. The number of aliphatic carboxylic acids is 1. The van der Waals surface area contributed by atoms with Gasteiger partial charge in [-0.05, 0) is 6.42 Å². The Morgan fingerprint density at radius 3 is 2.23 bits per heavy atom. The fraction of sp³-hybridized carbons (Fsp3) is 0.750. The lowest BCUT2D eigenvalue weighted by Gasteiger charge is -2.14. The van der Waals surface area contributed by atoms with Crippen molar-refractivity contribution in [1.29, 1.82) is 0 Å². The molecule has 0 spiro atoms. The van der Waals surface area contributed by atoms with Gasteiger partial charge >= 0.3 is 11.9 Å². The van der Waals surface area contributed by atoms with Gasteiger partial charge in [-0.15, -0.1) is 32.6 Å². The van der Waals surface area contributed by atoms with Crippen molar-refractivity contribution in [1.82, 2.24) is 0 Å². The molecular formula is C8H14ClN3O10. The summed E-state index contributed by atoms with van der Waals surface area (Å²) in [6, 6.07) is -1.25. The molecule has 0 aromatic rings. The maximum Gasteiger partial charge on any atom is 0.320 e. The molecule has 0 unspecified atom stereocenters. The van der Waals surface area contributed by atoms with E-state index < -0.39 is 47.5 Å². The summed E-state index contributed by atoms with van der Waals surface area (Å²) in [6.45, 7) is -1.48. The number of carboxylic acid groups (broad SMARTS) is 1. The van der Waals surface area contributed by atoms with Crippen LogP contribution >= 0.6 is 12.4 Å². The molecule has 22 heavy (non-hydrogen) atoms. The van der Waals surface area contributed by atoms with Crippen LogP contribution in [-0.2, 0) is 24.0 Å². The molecule has 128 valence electrons. The number of rotatable bonds is 11. The molecule has 0 bridgehead atoms. The third-order valence-electron chi connectivity index (χ3n) is 2.01. The number of carbonyl (C=O) groups excluding carboxylic acids is 1. The van der Waals surface area contributed by atoms with Crippen LogP contribution < -0.4 is 5.73 Å². The predicted molar refractivity (Wildman–Crippen MR) is 67.9 cm³/mol. The monoisotopic (exact) mass is 347 g/mol. The van der Waals surface area contributed by atoms with Crippen molar-refractivity contribution in [2.75, 3.05) is 13.2 Å². The number of carboxylic acids is 1. The van der Waals surface area contributed by atoms with Gasteiger partial charge in [0.05, 0.1) is 0 Å². The summed E-state index contributed by atoms with van der Waals surface area (Å²) in [5.74, 6) is -2.18. The third kappa shape index (κ3) is 11.4. The Morgan fingerprint density at radius 2 is 1.77 bits per heavy atom. The molecule has 0 amide bonds. The molecule has 0 saturated carbocycles. The van der Waals surface area contributed by atoms with Crippen LogP contribution in [0.2, 0.25) is 0 Å². The Balaban J connectivity index is 0. The van der Waals surface area contributed by atoms with E-state index in [9.17, 15) is 29.8 Å². The van der Waals surface area contributed by atoms with Crippen molar-refractivity contribution in [3.63, 3.8) is 0 Å². The molecule has 0 heterocycles. The zero-order valence-electron chi connectivity index (χ0n) is 11.0. The van der Waals surface area contributed by atoms with Gasteiger partial charge in [-0.25, -0.2) is 0 Å². The second-order valence-corrected chi connectivity index (χ2v) is 3.64. The van der Waals surface area contributed by atoms with Crippen molar-refractivity contribution in [3.8, 4) is 0 Å². The molecule has 0 saturated heterocycles. The van der Waals surface area contributed by atoms with E-state index in [2.05, 4.69) is 14.4 Å².